The lowest BCUT2D eigenvalue weighted by Crippen LogP contribution is -2.45. The van der Waals surface area contributed by atoms with E-state index in [1.807, 2.05) is 19.1 Å². The number of ketones is 1. The normalized spacial score (nSPS) is 18.0. The lowest BCUT2D eigenvalue weighted by molar-refractivity contribution is -0.140. The number of hydrogen-bond acceptors (Lipinski definition) is 6. The van der Waals surface area contributed by atoms with Gasteiger partial charge in [0.15, 0.2) is 5.84 Å². The van der Waals surface area contributed by atoms with E-state index in [0.717, 1.165) is 30.4 Å². The smallest absolute Gasteiger partial charge is 0.341 e. The molecule has 2 aliphatic rings. The molecular weight excluding hydrogens is 572 g/mol. The Hall–Kier alpha value is -4.98. The van der Waals surface area contributed by atoms with Gasteiger partial charge in [-0.1, -0.05) is 12.1 Å². The highest BCUT2D eigenvalue weighted by Gasteiger charge is 2.36. The van der Waals surface area contributed by atoms with Crippen LogP contribution in [0.2, 0.25) is 0 Å². The van der Waals surface area contributed by atoms with Gasteiger partial charge in [-0.2, -0.15) is 0 Å². The molecule has 0 saturated carbocycles. The number of Topliss-reactive ketones (excluding diaryl/α,β-unsaturated/α-hetero) is 1. The van der Waals surface area contributed by atoms with Crippen molar-refractivity contribution in [2.45, 2.75) is 51.1 Å². The Kier molecular flexibility index (Phi) is 9.62. The van der Waals surface area contributed by atoms with E-state index in [-0.39, 0.29) is 35.7 Å². The molecule has 2 aromatic carbocycles. The molecule has 2 unspecified atom stereocenters. The molecule has 0 spiro atoms. The van der Waals surface area contributed by atoms with Crippen molar-refractivity contribution in [1.29, 1.82) is 0 Å². The monoisotopic (exact) mass is 610 g/mol. The fraction of sp³-hybridized carbons (Fsp3) is 0.412. The lowest BCUT2D eigenvalue weighted by Gasteiger charge is -2.25. The van der Waals surface area contributed by atoms with Crippen molar-refractivity contribution in [3.05, 3.63) is 76.8 Å². The number of nitrogens with one attached hydrogen (secondary N) is 1. The van der Waals surface area contributed by atoms with E-state index in [1.165, 1.54) is 17.0 Å². The third-order valence-electron chi connectivity index (χ3n) is 8.20. The van der Waals surface area contributed by atoms with Crippen molar-refractivity contribution in [3.63, 3.8) is 0 Å². The zero-order valence-electron chi connectivity index (χ0n) is 25.9. The molecule has 0 radical (unpaired) electrons. The van der Waals surface area contributed by atoms with Crippen LogP contribution in [0.15, 0.2) is 57.9 Å². The molecule has 3 amide bonds. The van der Waals surface area contributed by atoms with Crippen LogP contribution in [0.3, 0.4) is 0 Å². The maximum atomic E-state index is 13.8. The van der Waals surface area contributed by atoms with Crippen molar-refractivity contribution in [2.24, 2.45) is 4.99 Å². The molecule has 2 fully saturated rings. The van der Waals surface area contributed by atoms with Crippen molar-refractivity contribution in [1.82, 2.24) is 14.7 Å². The van der Waals surface area contributed by atoms with Gasteiger partial charge in [-0.25, -0.2) is 6.57 Å². The van der Waals surface area contributed by atoms with Crippen molar-refractivity contribution in [2.75, 3.05) is 45.6 Å². The molecule has 45 heavy (non-hydrogen) atoms. The molecule has 3 heterocycles. The Labute approximate surface area is 262 Å². The summed E-state index contributed by atoms with van der Waals surface area (Å²) in [4.78, 5) is 66.1. The van der Waals surface area contributed by atoms with Gasteiger partial charge in [0.25, 0.3) is 11.7 Å². The van der Waals surface area contributed by atoms with E-state index in [4.69, 9.17) is 16.0 Å². The maximum absolute atomic E-state index is 13.8. The maximum Gasteiger partial charge on any atom is 0.341 e. The fourth-order valence-electron chi connectivity index (χ4n) is 5.77. The highest BCUT2D eigenvalue weighted by atomic mass is 16.3. The standard InChI is InChI=1S/C34H38N6O5/c1-22-19-25-20-26(14-15-28(25)45-22)36-32(30(35-2)31(42)23-10-12-24(13-11-23)33(43)38(3)4)37-27-9-5-6-18-40(34(27)44)21-29(41)39-16-7-8-17-39/h10-15,19-20,27,30H,5-9,16-18,21H2,1,3-4H3,(H,36,37). The van der Waals surface area contributed by atoms with Gasteiger partial charge in [0.1, 0.15) is 17.4 Å². The van der Waals surface area contributed by atoms with Crippen LogP contribution < -0.4 is 5.32 Å². The summed E-state index contributed by atoms with van der Waals surface area (Å²) in [6, 6.07) is 11.2. The topological polar surface area (TPSA) is 120 Å². The zero-order valence-corrected chi connectivity index (χ0v) is 25.9. The van der Waals surface area contributed by atoms with Crippen LogP contribution in [-0.2, 0) is 9.59 Å². The van der Waals surface area contributed by atoms with Crippen molar-refractivity contribution < 1.29 is 23.6 Å². The first-order valence-corrected chi connectivity index (χ1v) is 15.3. The fourth-order valence-corrected chi connectivity index (χ4v) is 5.77. The average Bonchev–Trinajstić information content (AvgIpc) is 3.67. The van der Waals surface area contributed by atoms with E-state index in [2.05, 4.69) is 10.2 Å². The van der Waals surface area contributed by atoms with Gasteiger partial charge in [-0.15, -0.1) is 0 Å². The molecule has 2 aliphatic heterocycles. The number of likely N-dealkylation sites (tertiary alicyclic amines) is 2. The quantitative estimate of drug-likeness (QED) is 0.175. The second-order valence-electron chi connectivity index (χ2n) is 11.8. The number of rotatable bonds is 8. The number of benzene rings is 2. The van der Waals surface area contributed by atoms with Gasteiger partial charge in [-0.05, 0) is 75.4 Å². The average molecular weight is 611 g/mol. The molecule has 11 heteroatoms. The number of nitrogens with zero attached hydrogens (tertiary/aromatic N) is 5. The second-order valence-corrected chi connectivity index (χ2v) is 11.8. The van der Waals surface area contributed by atoms with Gasteiger partial charge in [-0.3, -0.25) is 29.0 Å². The number of carbonyl (C=O) groups is 4. The Balaban J connectivity index is 1.47. The SMILES string of the molecule is [C-]#[N+]C(C(=O)c1ccc(C(=O)N(C)C)cc1)C(=NC1CCCCN(CC(=O)N2CCCC2)C1=O)Nc1ccc2oc(C)cc2c1. The molecule has 234 valence electrons. The Morgan fingerprint density at radius 1 is 1.02 bits per heavy atom. The van der Waals surface area contributed by atoms with Crippen LogP contribution in [0.25, 0.3) is 15.8 Å². The third-order valence-corrected chi connectivity index (χ3v) is 8.20. The number of amidine groups is 1. The number of fused-ring (bicyclic) bond motifs is 1. The summed E-state index contributed by atoms with van der Waals surface area (Å²) >= 11 is 0. The number of amides is 3. The number of hydrogen-bond donors (Lipinski definition) is 1. The third kappa shape index (κ3) is 7.23. The number of aliphatic imine (C=N–C) groups is 1. The molecular formula is C34H38N6O5. The van der Waals surface area contributed by atoms with Crippen molar-refractivity contribution >= 4 is 46.0 Å². The Bertz CT molecular complexity index is 1660. The predicted octanol–water partition coefficient (Wildman–Crippen LogP) is 4.43. The highest BCUT2D eigenvalue weighted by molar-refractivity contribution is 6.21. The summed E-state index contributed by atoms with van der Waals surface area (Å²) in [7, 11) is 3.29. The minimum atomic E-state index is -1.38. The molecule has 1 aromatic heterocycles. The molecule has 0 aliphatic carbocycles. The molecule has 2 saturated heterocycles. The molecule has 2 atom stereocenters. The van der Waals surface area contributed by atoms with E-state index >= 15 is 0 Å². The van der Waals surface area contributed by atoms with Gasteiger partial charge in [0, 0.05) is 55.9 Å². The molecule has 11 nitrogen and oxygen atoms in total. The summed E-state index contributed by atoms with van der Waals surface area (Å²) in [5.74, 6) is -0.282. The summed E-state index contributed by atoms with van der Waals surface area (Å²) in [5.41, 5.74) is 1.93. The minimum absolute atomic E-state index is 0.00663. The number of aryl methyl sites for hydroxylation is 1. The summed E-state index contributed by atoms with van der Waals surface area (Å²) in [6.45, 7) is 11.7. The number of anilines is 1. The van der Waals surface area contributed by atoms with Gasteiger partial charge in [0.2, 0.25) is 11.8 Å². The van der Waals surface area contributed by atoms with Gasteiger partial charge in [0.05, 0.1) is 6.54 Å². The van der Waals surface area contributed by atoms with E-state index < -0.39 is 17.9 Å². The summed E-state index contributed by atoms with van der Waals surface area (Å²) < 4.78 is 5.69. The largest absolute Gasteiger partial charge is 0.461 e. The lowest BCUT2D eigenvalue weighted by atomic mass is 10.0. The first kappa shape index (κ1) is 31.4. The Morgan fingerprint density at radius 2 is 1.71 bits per heavy atom. The van der Waals surface area contributed by atoms with Crippen LogP contribution in [0.1, 0.15) is 58.6 Å². The predicted molar refractivity (Wildman–Crippen MR) is 171 cm³/mol. The van der Waals surface area contributed by atoms with E-state index in [1.54, 1.807) is 48.2 Å². The molecule has 0 bridgehead atoms. The van der Waals surface area contributed by atoms with E-state index in [9.17, 15) is 19.2 Å². The van der Waals surface area contributed by atoms with Gasteiger partial charge < -0.3 is 24.4 Å². The van der Waals surface area contributed by atoms with E-state index in [0.29, 0.717) is 49.3 Å². The summed E-state index contributed by atoms with van der Waals surface area (Å²) in [5, 5.41) is 4.02. The minimum Gasteiger partial charge on any atom is -0.461 e. The van der Waals surface area contributed by atoms with Crippen LogP contribution in [0, 0.1) is 13.5 Å². The van der Waals surface area contributed by atoms with Crippen LogP contribution in [0.4, 0.5) is 5.69 Å². The van der Waals surface area contributed by atoms with Crippen LogP contribution in [0.5, 0.6) is 0 Å². The number of furan rings is 1. The van der Waals surface area contributed by atoms with Crippen molar-refractivity contribution in [3.8, 4) is 0 Å². The highest BCUT2D eigenvalue weighted by Crippen LogP contribution is 2.24. The Morgan fingerprint density at radius 3 is 2.40 bits per heavy atom. The molecule has 1 N–H and O–H groups in total. The van der Waals surface area contributed by atoms with Crippen LogP contribution >= 0.6 is 0 Å². The summed E-state index contributed by atoms with van der Waals surface area (Å²) in [6.07, 6.45) is 3.80. The second kappa shape index (κ2) is 13.8. The first-order valence-electron chi connectivity index (χ1n) is 15.3. The number of carbonyl (C=O) groups excluding carboxylic acids is 4. The molecule has 5 rings (SSSR count). The van der Waals surface area contributed by atoms with Crippen LogP contribution in [-0.4, -0.2) is 96.4 Å². The first-order chi connectivity index (χ1) is 21.6. The molecule has 3 aromatic rings. The van der Waals surface area contributed by atoms with Gasteiger partial charge >= 0.3 is 6.04 Å². The zero-order chi connectivity index (χ0) is 32.1.